The first-order chi connectivity index (χ1) is 10.1. The first kappa shape index (κ1) is 20.7. The normalized spacial score (nSPS) is 11.9. The zero-order chi connectivity index (χ0) is 15.8. The highest BCUT2D eigenvalue weighted by molar-refractivity contribution is 7.81. The van der Waals surface area contributed by atoms with Gasteiger partial charge < -0.3 is 18.9 Å². The van der Waals surface area contributed by atoms with Gasteiger partial charge in [-0.2, -0.15) is 8.42 Å². The van der Waals surface area contributed by atoms with Gasteiger partial charge in [0.2, 0.25) is 0 Å². The molecule has 0 aromatic carbocycles. The van der Waals surface area contributed by atoms with Crippen molar-refractivity contribution in [3.05, 3.63) is 0 Å². The first-order valence-corrected chi connectivity index (χ1v) is 8.13. The van der Waals surface area contributed by atoms with E-state index in [1.807, 2.05) is 0 Å². The van der Waals surface area contributed by atoms with E-state index in [4.69, 9.17) is 18.9 Å². The molecule has 0 radical (unpaired) electrons. The summed E-state index contributed by atoms with van der Waals surface area (Å²) in [6.45, 7) is 2.84. The Balaban J connectivity index is 3.39. The standard InChI is InChI=1S/C12H26O8S/c1-15-9-11-17-5-3-7-19-21(13,14)20-8-4-6-18-12-10-16-2/h3-12H2,1-2H3. The fourth-order valence-corrected chi connectivity index (χ4v) is 1.88. The van der Waals surface area contributed by atoms with Crippen molar-refractivity contribution < 1.29 is 35.7 Å². The van der Waals surface area contributed by atoms with Gasteiger partial charge >= 0.3 is 10.4 Å². The zero-order valence-corrected chi connectivity index (χ0v) is 13.6. The Hall–Kier alpha value is -0.290. The van der Waals surface area contributed by atoms with E-state index in [2.05, 4.69) is 8.37 Å². The lowest BCUT2D eigenvalue weighted by molar-refractivity contribution is 0.0604. The Morgan fingerprint density at radius 3 is 1.43 bits per heavy atom. The third kappa shape index (κ3) is 15.9. The van der Waals surface area contributed by atoms with Crippen molar-refractivity contribution >= 4 is 10.4 Å². The number of hydrogen-bond donors (Lipinski definition) is 0. The summed E-state index contributed by atoms with van der Waals surface area (Å²) in [5.74, 6) is 0. The molecule has 0 saturated heterocycles. The molecular weight excluding hydrogens is 304 g/mol. The molecule has 0 amide bonds. The van der Waals surface area contributed by atoms with E-state index < -0.39 is 10.4 Å². The molecule has 0 heterocycles. The van der Waals surface area contributed by atoms with E-state index in [0.29, 0.717) is 52.5 Å². The largest absolute Gasteiger partial charge is 0.399 e. The Bertz CT molecular complexity index is 282. The third-order valence-corrected chi connectivity index (χ3v) is 3.10. The van der Waals surface area contributed by atoms with Crippen molar-refractivity contribution in [2.45, 2.75) is 12.8 Å². The average Bonchev–Trinajstić information content (AvgIpc) is 2.45. The molecule has 0 bridgehead atoms. The second-order valence-corrected chi connectivity index (χ2v) is 5.26. The molecule has 0 aromatic rings. The molecule has 9 heteroatoms. The molecule has 0 spiro atoms. The fourth-order valence-electron chi connectivity index (χ4n) is 1.17. The highest BCUT2D eigenvalue weighted by Crippen LogP contribution is 1.99. The van der Waals surface area contributed by atoms with Crippen molar-refractivity contribution in [3.8, 4) is 0 Å². The average molecular weight is 330 g/mol. The van der Waals surface area contributed by atoms with Crippen molar-refractivity contribution in [2.24, 2.45) is 0 Å². The van der Waals surface area contributed by atoms with Crippen LogP contribution in [0, 0.1) is 0 Å². The maximum atomic E-state index is 11.3. The molecule has 21 heavy (non-hydrogen) atoms. The molecule has 0 aliphatic heterocycles. The number of ether oxygens (including phenoxy) is 4. The lowest BCUT2D eigenvalue weighted by Gasteiger charge is -2.07. The second kappa shape index (κ2) is 14.6. The lowest BCUT2D eigenvalue weighted by Crippen LogP contribution is -2.14. The minimum Gasteiger partial charge on any atom is -0.382 e. The predicted octanol–water partition coefficient (Wildman–Crippen LogP) is 0.371. The van der Waals surface area contributed by atoms with Gasteiger partial charge in [0.25, 0.3) is 0 Å². The van der Waals surface area contributed by atoms with E-state index in [9.17, 15) is 8.42 Å². The molecule has 0 unspecified atom stereocenters. The van der Waals surface area contributed by atoms with Crippen LogP contribution in [0.4, 0.5) is 0 Å². The zero-order valence-electron chi connectivity index (χ0n) is 12.7. The van der Waals surface area contributed by atoms with Gasteiger partial charge in [-0.05, 0) is 12.8 Å². The molecule has 0 fully saturated rings. The van der Waals surface area contributed by atoms with Crippen molar-refractivity contribution in [3.63, 3.8) is 0 Å². The predicted molar refractivity (Wildman–Crippen MR) is 75.4 cm³/mol. The number of methoxy groups -OCH3 is 2. The molecule has 0 aromatic heterocycles. The molecule has 0 aliphatic carbocycles. The van der Waals surface area contributed by atoms with E-state index in [0.717, 1.165) is 0 Å². The van der Waals surface area contributed by atoms with Gasteiger partial charge in [-0.1, -0.05) is 0 Å². The molecular formula is C12H26O8S. The molecule has 0 aliphatic rings. The highest BCUT2D eigenvalue weighted by atomic mass is 32.3. The van der Waals surface area contributed by atoms with Crippen LogP contribution in [0.15, 0.2) is 0 Å². The Morgan fingerprint density at radius 2 is 1.05 bits per heavy atom. The van der Waals surface area contributed by atoms with Crippen LogP contribution in [0.5, 0.6) is 0 Å². The van der Waals surface area contributed by atoms with Crippen LogP contribution in [-0.4, -0.2) is 75.5 Å². The summed E-state index contributed by atoms with van der Waals surface area (Å²) in [6.07, 6.45) is 0.929. The third-order valence-electron chi connectivity index (χ3n) is 2.18. The van der Waals surface area contributed by atoms with Crippen LogP contribution < -0.4 is 0 Å². The van der Waals surface area contributed by atoms with Gasteiger partial charge in [0.1, 0.15) is 0 Å². The minimum absolute atomic E-state index is 0.0274. The van der Waals surface area contributed by atoms with Crippen molar-refractivity contribution in [1.29, 1.82) is 0 Å². The maximum absolute atomic E-state index is 11.3. The summed E-state index contributed by atoms with van der Waals surface area (Å²) in [5.41, 5.74) is 0. The monoisotopic (exact) mass is 330 g/mol. The van der Waals surface area contributed by atoms with E-state index in [1.165, 1.54) is 0 Å². The van der Waals surface area contributed by atoms with E-state index in [-0.39, 0.29) is 13.2 Å². The van der Waals surface area contributed by atoms with Crippen molar-refractivity contribution in [1.82, 2.24) is 0 Å². The lowest BCUT2D eigenvalue weighted by atomic mass is 10.5. The van der Waals surface area contributed by atoms with Gasteiger partial charge in [0, 0.05) is 27.4 Å². The topological polar surface area (TPSA) is 89.5 Å². The van der Waals surface area contributed by atoms with Gasteiger partial charge in [0.05, 0.1) is 39.6 Å². The quantitative estimate of drug-likeness (QED) is 0.375. The molecule has 0 rings (SSSR count). The summed E-state index contributed by atoms with van der Waals surface area (Å²) < 4.78 is 51.9. The Morgan fingerprint density at radius 1 is 0.619 bits per heavy atom. The first-order valence-electron chi connectivity index (χ1n) is 6.79. The molecule has 128 valence electrons. The van der Waals surface area contributed by atoms with Crippen molar-refractivity contribution in [2.75, 3.05) is 67.1 Å². The van der Waals surface area contributed by atoms with Crippen LogP contribution in [-0.2, 0) is 37.7 Å². The Kier molecular flexibility index (Phi) is 14.4. The van der Waals surface area contributed by atoms with Crippen LogP contribution >= 0.6 is 0 Å². The molecule has 0 N–H and O–H groups in total. The Labute approximate surface area is 126 Å². The summed E-state index contributed by atoms with van der Waals surface area (Å²) >= 11 is 0. The van der Waals surface area contributed by atoms with Gasteiger partial charge in [-0.25, -0.2) is 8.37 Å². The number of hydrogen-bond acceptors (Lipinski definition) is 8. The van der Waals surface area contributed by atoms with Crippen LogP contribution in [0.3, 0.4) is 0 Å². The number of rotatable bonds is 16. The van der Waals surface area contributed by atoms with Gasteiger partial charge in [-0.3, -0.25) is 0 Å². The molecule has 0 saturated carbocycles. The maximum Gasteiger partial charge on any atom is 0.399 e. The summed E-state index contributed by atoms with van der Waals surface area (Å²) in [4.78, 5) is 0. The second-order valence-electron chi connectivity index (χ2n) is 3.97. The highest BCUT2D eigenvalue weighted by Gasteiger charge is 2.11. The summed E-state index contributed by atoms with van der Waals surface area (Å²) in [5, 5.41) is 0. The minimum atomic E-state index is -3.94. The van der Waals surface area contributed by atoms with Crippen LogP contribution in [0.1, 0.15) is 12.8 Å². The van der Waals surface area contributed by atoms with Crippen LogP contribution in [0.25, 0.3) is 0 Å². The molecule has 0 atom stereocenters. The van der Waals surface area contributed by atoms with Gasteiger partial charge in [-0.15, -0.1) is 0 Å². The SMILES string of the molecule is COCCOCCCOS(=O)(=O)OCCCOCCOC. The molecule has 8 nitrogen and oxygen atoms in total. The van der Waals surface area contributed by atoms with Gasteiger partial charge in [0.15, 0.2) is 0 Å². The van der Waals surface area contributed by atoms with Crippen LogP contribution in [0.2, 0.25) is 0 Å². The fraction of sp³-hybridized carbons (Fsp3) is 1.00. The van der Waals surface area contributed by atoms with E-state index >= 15 is 0 Å². The smallest absolute Gasteiger partial charge is 0.382 e. The summed E-state index contributed by atoms with van der Waals surface area (Å²) in [6, 6.07) is 0. The summed E-state index contributed by atoms with van der Waals surface area (Å²) in [7, 11) is -0.772. The van der Waals surface area contributed by atoms with E-state index in [1.54, 1.807) is 14.2 Å².